The molecular weight excluding hydrogens is 174 g/mol. The van der Waals surface area contributed by atoms with Gasteiger partial charge >= 0.3 is 0 Å². The van der Waals surface area contributed by atoms with Gasteiger partial charge in [-0.15, -0.1) is 0 Å². The zero-order valence-corrected chi connectivity index (χ0v) is 8.19. The molecular formula is C7H17N3OS. The first-order valence-electron chi connectivity index (χ1n) is 4.01. The summed E-state index contributed by atoms with van der Waals surface area (Å²) in [5.41, 5.74) is 7.51. The van der Waals surface area contributed by atoms with Gasteiger partial charge in [0.05, 0.1) is 0 Å². The van der Waals surface area contributed by atoms with Crippen LogP contribution in [0.3, 0.4) is 0 Å². The normalized spacial score (nSPS) is 12.6. The average Bonchev–Trinajstić information content (AvgIpc) is 2.11. The summed E-state index contributed by atoms with van der Waals surface area (Å²) in [4.78, 5) is 10.7. The van der Waals surface area contributed by atoms with E-state index < -0.39 is 0 Å². The molecule has 0 rings (SSSR count). The Kier molecular flexibility index (Phi) is 7.23. The van der Waals surface area contributed by atoms with E-state index in [-0.39, 0.29) is 5.91 Å². The highest BCUT2D eigenvalue weighted by Gasteiger charge is 2.01. The van der Waals surface area contributed by atoms with E-state index in [1.807, 2.05) is 0 Å². The average molecular weight is 191 g/mol. The fourth-order valence-electron chi connectivity index (χ4n) is 0.657. The number of hydrogen-bond acceptors (Lipinski definition) is 4. The van der Waals surface area contributed by atoms with Crippen LogP contribution in [0.15, 0.2) is 0 Å². The minimum atomic E-state index is -0.101. The Morgan fingerprint density at radius 1 is 1.67 bits per heavy atom. The molecule has 0 aliphatic heterocycles. The third-order valence-electron chi connectivity index (χ3n) is 1.44. The fraction of sp³-hybridized carbons (Fsp3) is 0.857. The maximum absolute atomic E-state index is 10.7. The summed E-state index contributed by atoms with van der Waals surface area (Å²) < 4.78 is 0. The molecule has 0 aromatic carbocycles. The van der Waals surface area contributed by atoms with E-state index in [0.717, 1.165) is 12.2 Å². The molecule has 0 heterocycles. The van der Waals surface area contributed by atoms with Gasteiger partial charge in [0, 0.05) is 18.2 Å². The van der Waals surface area contributed by atoms with Gasteiger partial charge in [0.1, 0.15) is 0 Å². The van der Waals surface area contributed by atoms with Crippen molar-refractivity contribution in [3.63, 3.8) is 0 Å². The number of nitrogens with two attached hydrogens (primary N) is 2. The molecule has 0 aliphatic rings. The van der Waals surface area contributed by atoms with E-state index in [0.29, 0.717) is 18.2 Å². The summed E-state index contributed by atoms with van der Waals surface area (Å²) in [5, 5.41) is 0.478. The second kappa shape index (κ2) is 7.39. The van der Waals surface area contributed by atoms with Crippen molar-refractivity contribution in [3.05, 3.63) is 0 Å². The number of amides is 1. The van der Waals surface area contributed by atoms with E-state index in [2.05, 4.69) is 12.3 Å². The van der Waals surface area contributed by atoms with Crippen LogP contribution in [0.25, 0.3) is 0 Å². The van der Waals surface area contributed by atoms with E-state index in [9.17, 15) is 4.79 Å². The first-order chi connectivity index (χ1) is 5.70. The van der Waals surface area contributed by atoms with Crippen molar-refractivity contribution in [1.29, 1.82) is 0 Å². The Morgan fingerprint density at radius 3 is 2.83 bits per heavy atom. The monoisotopic (exact) mass is 191 g/mol. The third-order valence-corrected chi connectivity index (χ3v) is 2.73. The van der Waals surface area contributed by atoms with Gasteiger partial charge in [-0.25, -0.2) is 5.84 Å². The molecule has 1 atom stereocenters. The molecule has 0 spiro atoms. The van der Waals surface area contributed by atoms with Crippen LogP contribution in [0.4, 0.5) is 0 Å². The summed E-state index contributed by atoms with van der Waals surface area (Å²) in [7, 11) is 0. The lowest BCUT2D eigenvalue weighted by Gasteiger charge is -2.06. The number of thioether (sulfide) groups is 1. The lowest BCUT2D eigenvalue weighted by Crippen LogP contribution is -2.29. The van der Waals surface area contributed by atoms with Gasteiger partial charge in [0.25, 0.3) is 0 Å². The predicted molar refractivity (Wildman–Crippen MR) is 52.5 cm³/mol. The van der Waals surface area contributed by atoms with Crippen LogP contribution in [0, 0.1) is 0 Å². The van der Waals surface area contributed by atoms with Crippen molar-refractivity contribution in [3.8, 4) is 0 Å². The van der Waals surface area contributed by atoms with Crippen LogP contribution in [0.1, 0.15) is 19.8 Å². The lowest BCUT2D eigenvalue weighted by atomic mass is 10.3. The highest BCUT2D eigenvalue weighted by Crippen LogP contribution is 2.10. The van der Waals surface area contributed by atoms with Crippen LogP contribution in [-0.4, -0.2) is 23.5 Å². The Balaban J connectivity index is 3.15. The zero-order valence-electron chi connectivity index (χ0n) is 7.38. The molecule has 0 bridgehead atoms. The lowest BCUT2D eigenvalue weighted by molar-refractivity contribution is -0.121. The number of nitrogens with one attached hydrogen (secondary N) is 1. The summed E-state index contributed by atoms with van der Waals surface area (Å²) in [6.45, 7) is 2.77. The highest BCUT2D eigenvalue weighted by molar-refractivity contribution is 7.99. The number of carbonyl (C=O) groups excluding carboxylic acids is 1. The quantitative estimate of drug-likeness (QED) is 0.236. The molecule has 72 valence electrons. The van der Waals surface area contributed by atoms with Gasteiger partial charge in [-0.2, -0.15) is 11.8 Å². The molecule has 4 nitrogen and oxygen atoms in total. The predicted octanol–water partition coefficient (Wildman–Crippen LogP) is -0.163. The molecule has 0 fully saturated rings. The smallest absolute Gasteiger partial charge is 0.233 e. The summed E-state index contributed by atoms with van der Waals surface area (Å²) in [6.07, 6.45) is 1.36. The standard InChI is InChI=1S/C7H17N3OS/c1-6(5-8)12-4-2-3-7(11)10-9/h6H,2-5,8-9H2,1H3,(H,10,11). The number of rotatable bonds is 6. The summed E-state index contributed by atoms with van der Waals surface area (Å²) in [6, 6.07) is 0. The number of hydrazine groups is 1. The minimum Gasteiger partial charge on any atom is -0.329 e. The minimum absolute atomic E-state index is 0.101. The van der Waals surface area contributed by atoms with Crippen molar-refractivity contribution >= 4 is 17.7 Å². The van der Waals surface area contributed by atoms with Crippen molar-refractivity contribution in [1.82, 2.24) is 5.43 Å². The topological polar surface area (TPSA) is 81.1 Å². The Morgan fingerprint density at radius 2 is 2.33 bits per heavy atom. The first-order valence-corrected chi connectivity index (χ1v) is 5.06. The highest BCUT2D eigenvalue weighted by atomic mass is 32.2. The third kappa shape index (κ3) is 6.45. The molecule has 12 heavy (non-hydrogen) atoms. The van der Waals surface area contributed by atoms with Gasteiger partial charge in [-0.3, -0.25) is 10.2 Å². The zero-order chi connectivity index (χ0) is 9.40. The van der Waals surface area contributed by atoms with Crippen LogP contribution in [-0.2, 0) is 4.79 Å². The molecule has 0 aromatic heterocycles. The van der Waals surface area contributed by atoms with Crippen LogP contribution < -0.4 is 17.0 Å². The Labute approximate surface area is 77.4 Å². The van der Waals surface area contributed by atoms with Gasteiger partial charge in [0.2, 0.25) is 5.91 Å². The summed E-state index contributed by atoms with van der Waals surface area (Å²) >= 11 is 1.78. The van der Waals surface area contributed by atoms with E-state index >= 15 is 0 Å². The fourth-order valence-corrected chi connectivity index (χ4v) is 1.51. The van der Waals surface area contributed by atoms with Crippen molar-refractivity contribution in [2.45, 2.75) is 25.0 Å². The second-order valence-corrected chi connectivity index (χ2v) is 4.13. The molecule has 5 N–H and O–H groups in total. The maximum atomic E-state index is 10.7. The molecule has 1 unspecified atom stereocenters. The molecule has 0 radical (unpaired) electrons. The molecule has 0 aromatic rings. The van der Waals surface area contributed by atoms with E-state index in [4.69, 9.17) is 11.6 Å². The molecule has 0 aliphatic carbocycles. The van der Waals surface area contributed by atoms with Gasteiger partial charge in [-0.05, 0) is 12.2 Å². The maximum Gasteiger partial charge on any atom is 0.233 e. The van der Waals surface area contributed by atoms with E-state index in [1.54, 1.807) is 11.8 Å². The number of hydrogen-bond donors (Lipinski definition) is 3. The molecule has 0 saturated carbocycles. The van der Waals surface area contributed by atoms with Crippen LogP contribution in [0.5, 0.6) is 0 Å². The van der Waals surface area contributed by atoms with Crippen molar-refractivity contribution < 1.29 is 4.79 Å². The van der Waals surface area contributed by atoms with Gasteiger partial charge in [0.15, 0.2) is 0 Å². The molecule has 5 heteroatoms. The molecule has 1 amide bonds. The second-order valence-electron chi connectivity index (χ2n) is 2.59. The largest absolute Gasteiger partial charge is 0.329 e. The van der Waals surface area contributed by atoms with Gasteiger partial charge < -0.3 is 5.73 Å². The SMILES string of the molecule is CC(CN)SCCCC(=O)NN. The Bertz CT molecular complexity index is 132. The van der Waals surface area contributed by atoms with Crippen LogP contribution in [0.2, 0.25) is 0 Å². The van der Waals surface area contributed by atoms with Crippen molar-refractivity contribution in [2.75, 3.05) is 12.3 Å². The first kappa shape index (κ1) is 11.7. The van der Waals surface area contributed by atoms with Crippen LogP contribution >= 0.6 is 11.8 Å². The number of carbonyl (C=O) groups is 1. The summed E-state index contributed by atoms with van der Waals surface area (Å²) in [5.74, 6) is 5.78. The van der Waals surface area contributed by atoms with Crippen molar-refractivity contribution in [2.24, 2.45) is 11.6 Å². The van der Waals surface area contributed by atoms with E-state index in [1.165, 1.54) is 0 Å². The molecule has 0 saturated heterocycles. The van der Waals surface area contributed by atoms with Gasteiger partial charge in [-0.1, -0.05) is 6.92 Å². The Hall–Kier alpha value is -0.260.